The van der Waals surface area contributed by atoms with Crippen LogP contribution in [0.5, 0.6) is 0 Å². The number of anilines is 1. The first-order valence-electron chi connectivity index (χ1n) is 5.79. The number of ether oxygens (including phenoxy) is 1. The van der Waals surface area contributed by atoms with Crippen LogP contribution in [0.1, 0.15) is 18.1 Å². The summed E-state index contributed by atoms with van der Waals surface area (Å²) in [6.45, 7) is 4.17. The van der Waals surface area contributed by atoms with Crippen LogP contribution in [0.4, 0.5) is 5.13 Å². The molecule has 18 heavy (non-hydrogen) atoms. The summed E-state index contributed by atoms with van der Waals surface area (Å²) in [4.78, 5) is 4.31. The molecule has 1 N–H and O–H groups in total. The average molecular weight is 327 g/mol. The summed E-state index contributed by atoms with van der Waals surface area (Å²) in [5.41, 5.74) is 2.47. The Labute approximate surface area is 119 Å². The third kappa shape index (κ3) is 3.80. The molecule has 1 heterocycles. The minimum Gasteiger partial charge on any atom is -0.377 e. The molecule has 0 aliphatic carbocycles. The van der Waals surface area contributed by atoms with Crippen LogP contribution in [0, 0.1) is 0 Å². The van der Waals surface area contributed by atoms with Gasteiger partial charge >= 0.3 is 0 Å². The van der Waals surface area contributed by atoms with E-state index in [1.807, 2.05) is 24.4 Å². The first kappa shape index (κ1) is 13.5. The second-order valence-electron chi connectivity index (χ2n) is 3.73. The predicted octanol–water partition coefficient (Wildman–Crippen LogP) is 4.05. The normalized spacial score (nSPS) is 10.6. The molecule has 5 heteroatoms. The Bertz CT molecular complexity index is 501. The van der Waals surface area contributed by atoms with E-state index in [0.29, 0.717) is 6.61 Å². The third-order valence-corrected chi connectivity index (χ3v) is 4.00. The van der Waals surface area contributed by atoms with Gasteiger partial charge in [-0.25, -0.2) is 4.98 Å². The van der Waals surface area contributed by atoms with E-state index < -0.39 is 0 Å². The van der Waals surface area contributed by atoms with Crippen LogP contribution < -0.4 is 5.32 Å². The first-order chi connectivity index (χ1) is 8.79. The highest BCUT2D eigenvalue weighted by atomic mass is 79.9. The Balaban J connectivity index is 1.99. The molecular weight excluding hydrogens is 312 g/mol. The van der Waals surface area contributed by atoms with Crippen molar-refractivity contribution in [2.75, 3.05) is 11.9 Å². The lowest BCUT2D eigenvalue weighted by Crippen LogP contribution is -2.04. The van der Waals surface area contributed by atoms with E-state index in [4.69, 9.17) is 4.74 Å². The van der Waals surface area contributed by atoms with Gasteiger partial charge in [0.25, 0.3) is 0 Å². The van der Waals surface area contributed by atoms with E-state index >= 15 is 0 Å². The summed E-state index contributed by atoms with van der Waals surface area (Å²) in [6, 6.07) is 8.30. The molecular formula is C13H15BrN2OS. The van der Waals surface area contributed by atoms with Gasteiger partial charge in [0, 0.05) is 18.5 Å². The van der Waals surface area contributed by atoms with Gasteiger partial charge in [-0.1, -0.05) is 24.3 Å². The Hall–Kier alpha value is -0.910. The van der Waals surface area contributed by atoms with Crippen molar-refractivity contribution in [1.82, 2.24) is 4.98 Å². The van der Waals surface area contributed by atoms with Crippen molar-refractivity contribution in [3.8, 4) is 0 Å². The van der Waals surface area contributed by atoms with Gasteiger partial charge in [0.05, 0.1) is 6.61 Å². The fraction of sp³-hybridized carbons (Fsp3) is 0.308. The maximum absolute atomic E-state index is 5.47. The molecule has 0 atom stereocenters. The maximum atomic E-state index is 5.47. The zero-order chi connectivity index (χ0) is 12.8. The van der Waals surface area contributed by atoms with Crippen LogP contribution in [-0.2, 0) is 17.9 Å². The van der Waals surface area contributed by atoms with Crippen LogP contribution in [0.25, 0.3) is 0 Å². The number of benzene rings is 1. The highest BCUT2D eigenvalue weighted by Gasteiger charge is 2.03. The number of aromatic nitrogens is 1. The zero-order valence-corrected chi connectivity index (χ0v) is 12.6. The lowest BCUT2D eigenvalue weighted by molar-refractivity contribution is 0.133. The number of nitrogens with one attached hydrogen (secondary N) is 1. The van der Waals surface area contributed by atoms with E-state index in [1.54, 1.807) is 11.3 Å². The molecule has 0 aliphatic heterocycles. The SMILES string of the molecule is CCOCc1ccccc1CNc1nc(Br)cs1. The van der Waals surface area contributed by atoms with E-state index in [1.165, 1.54) is 11.1 Å². The second kappa shape index (κ2) is 6.87. The van der Waals surface area contributed by atoms with Crippen molar-refractivity contribution in [2.24, 2.45) is 0 Å². The third-order valence-electron chi connectivity index (χ3n) is 2.49. The Morgan fingerprint density at radius 3 is 2.78 bits per heavy atom. The van der Waals surface area contributed by atoms with E-state index in [2.05, 4.69) is 38.4 Å². The summed E-state index contributed by atoms with van der Waals surface area (Å²) >= 11 is 4.94. The quantitative estimate of drug-likeness (QED) is 0.869. The van der Waals surface area contributed by atoms with Gasteiger partial charge in [-0.15, -0.1) is 11.3 Å². The molecule has 96 valence electrons. The molecule has 0 amide bonds. The van der Waals surface area contributed by atoms with Crippen molar-refractivity contribution < 1.29 is 4.74 Å². The van der Waals surface area contributed by atoms with Crippen molar-refractivity contribution in [2.45, 2.75) is 20.1 Å². The summed E-state index contributed by atoms with van der Waals surface area (Å²) in [6.07, 6.45) is 0. The van der Waals surface area contributed by atoms with Crippen LogP contribution in [0.2, 0.25) is 0 Å². The van der Waals surface area contributed by atoms with E-state index in [9.17, 15) is 0 Å². The largest absolute Gasteiger partial charge is 0.377 e. The summed E-state index contributed by atoms with van der Waals surface area (Å²) in [7, 11) is 0. The highest BCUT2D eigenvalue weighted by molar-refractivity contribution is 9.10. The van der Waals surface area contributed by atoms with E-state index in [0.717, 1.165) is 22.9 Å². The molecule has 2 rings (SSSR count). The second-order valence-corrected chi connectivity index (χ2v) is 5.41. The lowest BCUT2D eigenvalue weighted by Gasteiger charge is -2.09. The van der Waals surface area contributed by atoms with Crippen LogP contribution in [0.3, 0.4) is 0 Å². The molecule has 0 radical (unpaired) electrons. The minimum absolute atomic E-state index is 0.663. The number of rotatable bonds is 6. The number of halogens is 1. The molecule has 2 aromatic rings. The molecule has 0 saturated carbocycles. The number of nitrogens with zero attached hydrogens (tertiary/aromatic N) is 1. The van der Waals surface area contributed by atoms with Gasteiger partial charge in [-0.05, 0) is 34.0 Å². The Kier molecular flexibility index (Phi) is 5.16. The Morgan fingerprint density at radius 1 is 1.33 bits per heavy atom. The van der Waals surface area contributed by atoms with Crippen molar-refractivity contribution in [3.05, 3.63) is 45.4 Å². The van der Waals surface area contributed by atoms with Crippen molar-refractivity contribution in [1.29, 1.82) is 0 Å². The monoisotopic (exact) mass is 326 g/mol. The Morgan fingerprint density at radius 2 is 2.11 bits per heavy atom. The van der Waals surface area contributed by atoms with Gasteiger partial charge in [0.15, 0.2) is 5.13 Å². The molecule has 0 fully saturated rings. The molecule has 0 saturated heterocycles. The lowest BCUT2D eigenvalue weighted by atomic mass is 10.1. The molecule has 0 aliphatic rings. The minimum atomic E-state index is 0.663. The summed E-state index contributed by atoms with van der Waals surface area (Å²) in [5, 5.41) is 6.21. The first-order valence-corrected chi connectivity index (χ1v) is 7.46. The van der Waals surface area contributed by atoms with Crippen LogP contribution >= 0.6 is 27.3 Å². The molecule has 0 spiro atoms. The standard InChI is InChI=1S/C13H15BrN2OS/c1-2-17-8-11-6-4-3-5-10(11)7-15-13-16-12(14)9-18-13/h3-6,9H,2,7-8H2,1H3,(H,15,16). The molecule has 0 unspecified atom stereocenters. The topological polar surface area (TPSA) is 34.1 Å². The number of thiazole rings is 1. The fourth-order valence-electron chi connectivity index (χ4n) is 1.59. The van der Waals surface area contributed by atoms with Crippen LogP contribution in [-0.4, -0.2) is 11.6 Å². The van der Waals surface area contributed by atoms with E-state index in [-0.39, 0.29) is 0 Å². The maximum Gasteiger partial charge on any atom is 0.184 e. The summed E-state index contributed by atoms with van der Waals surface area (Å²) in [5.74, 6) is 0. The van der Waals surface area contributed by atoms with Gasteiger partial charge in [-0.2, -0.15) is 0 Å². The smallest absolute Gasteiger partial charge is 0.184 e. The highest BCUT2D eigenvalue weighted by Crippen LogP contribution is 2.20. The van der Waals surface area contributed by atoms with Crippen molar-refractivity contribution in [3.63, 3.8) is 0 Å². The molecule has 1 aromatic carbocycles. The zero-order valence-electron chi connectivity index (χ0n) is 10.1. The average Bonchev–Trinajstić information content (AvgIpc) is 2.81. The summed E-state index contributed by atoms with van der Waals surface area (Å²) < 4.78 is 6.34. The van der Waals surface area contributed by atoms with Gasteiger partial charge in [0.2, 0.25) is 0 Å². The fourth-order valence-corrected chi connectivity index (χ4v) is 2.73. The number of hydrogen-bond acceptors (Lipinski definition) is 4. The molecule has 0 bridgehead atoms. The number of hydrogen-bond donors (Lipinski definition) is 1. The van der Waals surface area contributed by atoms with Crippen molar-refractivity contribution >= 4 is 32.4 Å². The molecule has 1 aromatic heterocycles. The van der Waals surface area contributed by atoms with Crippen LogP contribution in [0.15, 0.2) is 34.2 Å². The predicted molar refractivity (Wildman–Crippen MR) is 78.9 cm³/mol. The molecule has 3 nitrogen and oxygen atoms in total. The van der Waals surface area contributed by atoms with Gasteiger partial charge in [0.1, 0.15) is 4.60 Å². The van der Waals surface area contributed by atoms with Gasteiger partial charge in [-0.3, -0.25) is 0 Å². The van der Waals surface area contributed by atoms with Gasteiger partial charge < -0.3 is 10.1 Å².